The number of aromatic nitrogens is 4. The molecule has 0 aliphatic rings. The van der Waals surface area contributed by atoms with Crippen LogP contribution in [0.25, 0.3) is 11.4 Å². The predicted octanol–water partition coefficient (Wildman–Crippen LogP) is 0.927. The first-order valence-corrected chi connectivity index (χ1v) is 4.83. The van der Waals surface area contributed by atoms with Gasteiger partial charge >= 0.3 is 0 Å². The van der Waals surface area contributed by atoms with Crippen molar-refractivity contribution in [2.24, 2.45) is 7.05 Å². The highest BCUT2D eigenvalue weighted by Crippen LogP contribution is 2.31. The van der Waals surface area contributed by atoms with Crippen LogP contribution in [-0.2, 0) is 7.05 Å². The van der Waals surface area contributed by atoms with E-state index in [1.54, 1.807) is 18.8 Å². The Bertz CT molecular complexity index is 494. The number of rotatable bonds is 3. The van der Waals surface area contributed by atoms with Crippen LogP contribution >= 0.6 is 0 Å². The lowest BCUT2D eigenvalue weighted by Gasteiger charge is -2.09. The number of aryl methyl sites for hydroxylation is 1. The van der Waals surface area contributed by atoms with Gasteiger partial charge in [0.1, 0.15) is 17.7 Å². The number of nitrogens with zero attached hydrogens (tertiary/aromatic N) is 4. The number of hydrogen-bond donors (Lipinski definition) is 1. The zero-order chi connectivity index (χ0) is 11.5. The molecule has 0 aliphatic carbocycles. The summed E-state index contributed by atoms with van der Waals surface area (Å²) < 4.78 is 7.01. The van der Waals surface area contributed by atoms with Crippen LogP contribution in [0.2, 0.25) is 0 Å². The molecule has 84 valence electrons. The summed E-state index contributed by atoms with van der Waals surface area (Å²) in [5, 5.41) is 7.24. The van der Waals surface area contributed by atoms with E-state index in [9.17, 15) is 0 Å². The van der Waals surface area contributed by atoms with Crippen molar-refractivity contribution in [3.63, 3.8) is 0 Å². The number of hydrogen-bond acceptors (Lipinski definition) is 5. The third-order valence-corrected chi connectivity index (χ3v) is 2.20. The van der Waals surface area contributed by atoms with Gasteiger partial charge in [0.2, 0.25) is 0 Å². The van der Waals surface area contributed by atoms with E-state index < -0.39 is 0 Å². The van der Waals surface area contributed by atoms with Crippen molar-refractivity contribution in [1.29, 1.82) is 0 Å². The molecule has 2 heterocycles. The number of nitrogens with one attached hydrogen (secondary N) is 1. The van der Waals surface area contributed by atoms with Crippen LogP contribution in [0.4, 0.5) is 5.82 Å². The first kappa shape index (κ1) is 10.4. The molecule has 0 fully saturated rings. The second kappa shape index (κ2) is 4.18. The lowest BCUT2D eigenvalue weighted by Crippen LogP contribution is -2.01. The fourth-order valence-corrected chi connectivity index (χ4v) is 1.47. The number of anilines is 1. The van der Waals surface area contributed by atoms with E-state index in [1.165, 1.54) is 6.33 Å². The zero-order valence-electron chi connectivity index (χ0n) is 9.43. The lowest BCUT2D eigenvalue weighted by atomic mass is 10.2. The van der Waals surface area contributed by atoms with Crippen molar-refractivity contribution >= 4 is 5.82 Å². The van der Waals surface area contributed by atoms with Crippen molar-refractivity contribution in [3.8, 4) is 17.1 Å². The average Bonchev–Trinajstić information content (AvgIpc) is 2.74. The van der Waals surface area contributed by atoms with Gasteiger partial charge in [-0.15, -0.1) is 0 Å². The molecular formula is C10H13N5O. The molecule has 0 unspecified atom stereocenters. The Balaban J connectivity index is 2.56. The molecule has 6 heteroatoms. The van der Waals surface area contributed by atoms with Gasteiger partial charge in [0.25, 0.3) is 0 Å². The third-order valence-electron chi connectivity index (χ3n) is 2.20. The van der Waals surface area contributed by atoms with Crippen LogP contribution in [0.3, 0.4) is 0 Å². The minimum Gasteiger partial charge on any atom is -0.491 e. The Labute approximate surface area is 93.3 Å². The molecule has 0 saturated heterocycles. The highest BCUT2D eigenvalue weighted by atomic mass is 16.5. The Kier molecular flexibility index (Phi) is 2.72. The van der Waals surface area contributed by atoms with Gasteiger partial charge in [0, 0.05) is 20.3 Å². The summed E-state index contributed by atoms with van der Waals surface area (Å²) in [6.45, 7) is 0. The summed E-state index contributed by atoms with van der Waals surface area (Å²) in [6.07, 6.45) is 3.34. The summed E-state index contributed by atoms with van der Waals surface area (Å²) in [5.74, 6) is 1.25. The fraction of sp³-hybridized carbons (Fsp3) is 0.300. The van der Waals surface area contributed by atoms with E-state index >= 15 is 0 Å². The summed E-state index contributed by atoms with van der Waals surface area (Å²) in [6, 6.07) is 1.88. The maximum atomic E-state index is 5.29. The maximum Gasteiger partial charge on any atom is 0.189 e. The second-order valence-corrected chi connectivity index (χ2v) is 3.23. The third kappa shape index (κ3) is 1.69. The Morgan fingerprint density at radius 3 is 2.75 bits per heavy atom. The molecule has 0 aromatic carbocycles. The van der Waals surface area contributed by atoms with Crippen molar-refractivity contribution < 1.29 is 4.74 Å². The summed E-state index contributed by atoms with van der Waals surface area (Å²) in [4.78, 5) is 8.27. The molecule has 2 aromatic heterocycles. The van der Waals surface area contributed by atoms with E-state index in [-0.39, 0.29) is 0 Å². The van der Waals surface area contributed by atoms with Crippen molar-refractivity contribution in [3.05, 3.63) is 18.6 Å². The second-order valence-electron chi connectivity index (χ2n) is 3.23. The molecule has 0 radical (unpaired) electrons. The lowest BCUT2D eigenvalue weighted by molar-refractivity contribution is 0.414. The van der Waals surface area contributed by atoms with Gasteiger partial charge in [-0.25, -0.2) is 9.97 Å². The number of ether oxygens (including phenoxy) is 1. The Morgan fingerprint density at radius 1 is 1.38 bits per heavy atom. The van der Waals surface area contributed by atoms with Gasteiger partial charge in [-0.05, 0) is 6.07 Å². The molecule has 2 aromatic rings. The van der Waals surface area contributed by atoms with Crippen molar-refractivity contribution in [2.45, 2.75) is 0 Å². The van der Waals surface area contributed by atoms with Gasteiger partial charge in [0.15, 0.2) is 11.6 Å². The van der Waals surface area contributed by atoms with Gasteiger partial charge < -0.3 is 10.1 Å². The smallest absolute Gasteiger partial charge is 0.189 e. The minimum atomic E-state index is 0.601. The van der Waals surface area contributed by atoms with Gasteiger partial charge in [-0.2, -0.15) is 5.10 Å². The first-order valence-electron chi connectivity index (χ1n) is 4.83. The summed E-state index contributed by atoms with van der Waals surface area (Å²) >= 11 is 0. The van der Waals surface area contributed by atoms with Crippen LogP contribution in [0, 0.1) is 0 Å². The molecule has 0 spiro atoms. The van der Waals surface area contributed by atoms with Crippen molar-refractivity contribution in [1.82, 2.24) is 19.7 Å². The predicted molar refractivity (Wildman–Crippen MR) is 60.3 cm³/mol. The van der Waals surface area contributed by atoms with E-state index in [4.69, 9.17) is 4.74 Å². The molecule has 16 heavy (non-hydrogen) atoms. The zero-order valence-corrected chi connectivity index (χ0v) is 9.43. The average molecular weight is 219 g/mol. The van der Waals surface area contributed by atoms with Gasteiger partial charge in [0.05, 0.1) is 7.11 Å². The monoisotopic (exact) mass is 219 g/mol. The van der Waals surface area contributed by atoms with E-state index in [1.807, 2.05) is 19.3 Å². The van der Waals surface area contributed by atoms with Gasteiger partial charge in [-0.1, -0.05) is 0 Å². The summed E-state index contributed by atoms with van der Waals surface area (Å²) in [7, 11) is 5.23. The Morgan fingerprint density at radius 2 is 2.19 bits per heavy atom. The first-order chi connectivity index (χ1) is 7.76. The quantitative estimate of drug-likeness (QED) is 0.831. The SMILES string of the molecule is CNc1ncnc(-c2ccn(C)n2)c1OC. The molecule has 0 atom stereocenters. The molecular weight excluding hydrogens is 206 g/mol. The van der Waals surface area contributed by atoms with Gasteiger partial charge in [-0.3, -0.25) is 4.68 Å². The van der Waals surface area contributed by atoms with Crippen LogP contribution in [0.15, 0.2) is 18.6 Å². The molecule has 2 rings (SSSR count). The minimum absolute atomic E-state index is 0.601. The van der Waals surface area contributed by atoms with Crippen LogP contribution in [-0.4, -0.2) is 33.9 Å². The normalized spacial score (nSPS) is 10.2. The van der Waals surface area contributed by atoms with E-state index in [2.05, 4.69) is 20.4 Å². The summed E-state index contributed by atoms with van der Waals surface area (Å²) in [5.41, 5.74) is 1.45. The van der Waals surface area contributed by atoms with Crippen molar-refractivity contribution in [2.75, 3.05) is 19.5 Å². The molecule has 0 saturated carbocycles. The van der Waals surface area contributed by atoms with Crippen LogP contribution < -0.4 is 10.1 Å². The molecule has 6 nitrogen and oxygen atoms in total. The molecule has 1 N–H and O–H groups in total. The standard InChI is InChI=1S/C10H13N5O/c1-11-10-9(16-3)8(12-6-13-10)7-4-5-15(2)14-7/h4-6H,1-3H3,(H,11,12,13). The molecule has 0 bridgehead atoms. The van der Waals surface area contributed by atoms with E-state index in [0.29, 0.717) is 17.3 Å². The van der Waals surface area contributed by atoms with E-state index in [0.717, 1.165) is 5.69 Å². The van der Waals surface area contributed by atoms with Crippen LogP contribution in [0.1, 0.15) is 0 Å². The number of methoxy groups -OCH3 is 1. The highest BCUT2D eigenvalue weighted by molar-refractivity contribution is 5.69. The van der Waals surface area contributed by atoms with Crippen LogP contribution in [0.5, 0.6) is 5.75 Å². The maximum absolute atomic E-state index is 5.29. The highest BCUT2D eigenvalue weighted by Gasteiger charge is 2.14. The molecule has 0 amide bonds. The topological polar surface area (TPSA) is 64.9 Å². The molecule has 0 aliphatic heterocycles. The largest absolute Gasteiger partial charge is 0.491 e. The Hall–Kier alpha value is -2.11. The fourth-order valence-electron chi connectivity index (χ4n) is 1.47.